The normalized spacial score (nSPS) is 18.8. The Kier molecular flexibility index (Phi) is 26.2. The van der Waals surface area contributed by atoms with Crippen LogP contribution in [0.2, 0.25) is 0 Å². The van der Waals surface area contributed by atoms with Crippen LogP contribution in [0, 0.1) is 5.92 Å². The summed E-state index contributed by atoms with van der Waals surface area (Å²) in [7, 11) is -13.2. The SMILES string of the molecule is CC[N+]1=C(/C=C/C=C/C=C2/N(CCCCCC(=O)NCC(=O)NC3C(=O)N4C(C(=O)O)=C(CSc5ccc(NC(=O)CSC[C@H](NC(=O)C6CCN(S(=O)(=O)c7ccccc7-c7c8ccc(=[N+]9CCc%10ccccc%109)cc-8oc8cc(N9CCc%10ccccc%109)ccc78)CC6)C(=O)O)cc5)CS[C@H]34)c3ccc(S(=O)(=O)O)cc3C2(C)C)C(C)(C)c2cc(S(=O)(=O)O)ccc21. The van der Waals surface area contributed by atoms with Crippen molar-refractivity contribution in [3.05, 3.63) is 245 Å². The number of unbranched alkanes of at least 4 members (excludes halogenated alkanes) is 2. The maximum absolute atomic E-state index is 15.1. The van der Waals surface area contributed by atoms with Gasteiger partial charge < -0.3 is 45.7 Å². The lowest BCUT2D eigenvalue weighted by Gasteiger charge is -2.49. The van der Waals surface area contributed by atoms with Gasteiger partial charge in [0, 0.05) is 164 Å². The lowest BCUT2D eigenvalue weighted by molar-refractivity contribution is -0.433. The first-order valence-electron chi connectivity index (χ1n) is 42.6. The molecule has 670 valence electrons. The Hall–Kier alpha value is -11.5. The van der Waals surface area contributed by atoms with Gasteiger partial charge in [-0.1, -0.05) is 93.1 Å². The van der Waals surface area contributed by atoms with E-state index < -0.39 is 112 Å². The van der Waals surface area contributed by atoms with Gasteiger partial charge in [0.05, 0.1) is 38.5 Å². The van der Waals surface area contributed by atoms with Crippen LogP contribution in [-0.2, 0) is 87.5 Å². The third-order valence-electron chi connectivity index (χ3n) is 25.0. The Morgan fingerprint density at radius 2 is 1.42 bits per heavy atom. The van der Waals surface area contributed by atoms with Crippen LogP contribution in [0.25, 0.3) is 33.4 Å². The molecule has 0 radical (unpaired) electrons. The Morgan fingerprint density at radius 1 is 0.698 bits per heavy atom. The molecule has 1 aliphatic carbocycles. The number of aliphatic carboxylic acids is 2. The number of carboxylic acid groups (broad SMARTS) is 2. The zero-order valence-electron chi connectivity index (χ0n) is 71.4. The van der Waals surface area contributed by atoms with E-state index in [0.29, 0.717) is 76.5 Å². The second-order valence-corrected chi connectivity index (χ2v) is 41.7. The van der Waals surface area contributed by atoms with E-state index in [2.05, 4.69) is 76.6 Å². The molecule has 2 fully saturated rings. The average Bonchev–Trinajstić information content (AvgIpc) is 0.895. The third-order valence-corrected chi connectivity index (χ3v) is 32.2. The molecule has 0 bridgehead atoms. The number of fused-ring (bicyclic) bond motifs is 7. The van der Waals surface area contributed by atoms with Gasteiger partial charge in [0.15, 0.2) is 12.3 Å². The van der Waals surface area contributed by atoms with E-state index in [1.807, 2.05) is 126 Å². The highest BCUT2D eigenvalue weighted by Crippen LogP contribution is 2.51. The number of allylic oxidation sites excluding steroid dienone is 6. The maximum atomic E-state index is 15.1. The second kappa shape index (κ2) is 37.2. The number of para-hydroxylation sites is 2. The van der Waals surface area contributed by atoms with Gasteiger partial charge in [-0.3, -0.25) is 38.0 Å². The van der Waals surface area contributed by atoms with E-state index in [4.69, 9.17) is 4.42 Å². The number of nitrogens with zero attached hydrogens (tertiary/aromatic N) is 6. The third kappa shape index (κ3) is 18.6. The minimum Gasteiger partial charge on any atom is -0.480 e. The number of β-lactam (4-membered cyclic amide) rings is 1. The Morgan fingerprint density at radius 3 is 2.16 bits per heavy atom. The van der Waals surface area contributed by atoms with Crippen LogP contribution >= 0.6 is 35.3 Å². The Bertz CT molecular complexity index is 6650. The van der Waals surface area contributed by atoms with Crippen molar-refractivity contribution >= 4 is 158 Å². The zero-order chi connectivity index (χ0) is 91.2. The van der Waals surface area contributed by atoms with E-state index in [1.54, 1.807) is 48.5 Å². The van der Waals surface area contributed by atoms with Gasteiger partial charge in [-0.25, -0.2) is 18.0 Å². The molecule has 16 rings (SSSR count). The molecule has 34 heteroatoms. The fourth-order valence-electron chi connectivity index (χ4n) is 18.4. The fraction of sp³-hybridized carbons (Fsp3) is 0.316. The number of amides is 5. The number of benzene rings is 8. The van der Waals surface area contributed by atoms with Crippen molar-refractivity contribution in [2.45, 2.75) is 134 Å². The second-order valence-electron chi connectivity index (χ2n) is 33.8. The van der Waals surface area contributed by atoms with Crippen molar-refractivity contribution in [3.63, 3.8) is 0 Å². The molecule has 1 unspecified atom stereocenters. The number of carbonyl (C=O) groups excluding carboxylic acids is 5. The average molecular weight is 1860 g/mol. The van der Waals surface area contributed by atoms with E-state index in [9.17, 15) is 69.7 Å². The molecule has 9 aliphatic rings. The Balaban J connectivity index is 0.472. The number of thioether (sulfide) groups is 3. The number of carboxylic acids is 2. The molecule has 5 amide bonds. The lowest BCUT2D eigenvalue weighted by atomic mass is 9.81. The van der Waals surface area contributed by atoms with E-state index in [-0.39, 0.29) is 75.7 Å². The summed E-state index contributed by atoms with van der Waals surface area (Å²) in [5, 5.41) is 32.4. The molecule has 28 nitrogen and oxygen atoms in total. The topological polar surface area (TPSA) is 383 Å². The molecule has 8 N–H and O–H groups in total. The number of hydrogen-bond acceptors (Lipinski definition) is 19. The summed E-state index contributed by atoms with van der Waals surface area (Å²) in [6, 6.07) is 49.2. The first-order chi connectivity index (χ1) is 61.7. The summed E-state index contributed by atoms with van der Waals surface area (Å²) in [6.45, 7) is 12.1. The molecule has 2 saturated heterocycles. The summed E-state index contributed by atoms with van der Waals surface area (Å²) in [5.74, 6) is -5.24. The van der Waals surface area contributed by atoms with Crippen LogP contribution in [0.4, 0.5) is 34.1 Å². The molecule has 8 aliphatic heterocycles. The molecular weight excluding hydrogens is 1760 g/mol. The fourth-order valence-corrected chi connectivity index (χ4v) is 24.3. The predicted octanol–water partition coefficient (Wildman–Crippen LogP) is 12.8. The highest BCUT2D eigenvalue weighted by atomic mass is 32.2. The number of hydrogen-bond donors (Lipinski definition) is 8. The van der Waals surface area contributed by atoms with Crippen molar-refractivity contribution in [1.82, 2.24) is 29.7 Å². The van der Waals surface area contributed by atoms with Crippen LogP contribution in [-0.4, -0.2) is 192 Å². The molecule has 0 aromatic heterocycles. The van der Waals surface area contributed by atoms with Crippen molar-refractivity contribution in [3.8, 4) is 22.5 Å². The maximum Gasteiger partial charge on any atom is 0.352 e. The number of rotatable bonds is 31. The van der Waals surface area contributed by atoms with Crippen LogP contribution in [0.5, 0.6) is 0 Å². The summed E-state index contributed by atoms with van der Waals surface area (Å²) in [6.07, 6.45) is 13.3. The van der Waals surface area contributed by atoms with E-state index in [1.165, 1.54) is 63.2 Å². The van der Waals surface area contributed by atoms with Gasteiger partial charge in [-0.2, -0.15) is 30.3 Å². The van der Waals surface area contributed by atoms with Crippen molar-refractivity contribution in [2.24, 2.45) is 5.92 Å². The monoisotopic (exact) mass is 1860 g/mol. The summed E-state index contributed by atoms with van der Waals surface area (Å²) in [4.78, 5) is 98.4. The molecular formula is C95H98N10O18S6+2. The standard InChI is InChI=1S/C95H96N10O18S6/c1-6-101-76-38-34-66(128(117,118)119)51-71(76)94(2,3)81(101)25-9-7-10-26-82-95(4,5)72-52-67(129(120,121)122)35-39-77(72)104(82)44-18-8-11-27-83(106)96-53-84(107)99-87-90(110)105-88(93(113)114)61(55-126-91(87)105)54-125-65-32-28-62(29-33-65)97-85(108)57-124-56-73(92(111)112)98-89(109)60-40-45-100(46-41-60)127(115,116)80-24-17-14-21-70(80)86-68-36-30-63(102-47-42-58-19-12-15-22-74(58)102)49-78(68)123-79-50-64(31-37-69(79)86)103-48-43-59-20-13-16-23-75(59)103/h7,9-10,12-17,19-26,28-39,49-52,60,73,87,91H,6,8,11,18,27,40-48,53-57H2,1-5H3,(H6-2,96,97,98,99,106,107,108,109,111,112,113,114,117,118,119,120,121,122)/p+2/t73-,87?,91+/m0/s1. The zero-order valence-corrected chi connectivity index (χ0v) is 76.3. The van der Waals surface area contributed by atoms with Gasteiger partial charge in [0.25, 0.3) is 26.1 Å². The number of anilines is 4. The lowest BCUT2D eigenvalue weighted by Crippen LogP contribution is -2.71. The van der Waals surface area contributed by atoms with Gasteiger partial charge in [0.1, 0.15) is 41.0 Å². The van der Waals surface area contributed by atoms with Crippen molar-refractivity contribution < 1.29 is 87.1 Å². The number of carbonyl (C=O) groups is 7. The van der Waals surface area contributed by atoms with Gasteiger partial charge in [-0.15, -0.1) is 35.3 Å². The van der Waals surface area contributed by atoms with E-state index in [0.717, 1.165) is 104 Å². The van der Waals surface area contributed by atoms with Gasteiger partial charge >= 0.3 is 11.9 Å². The number of piperidine rings is 1. The smallest absolute Gasteiger partial charge is 0.352 e. The molecule has 0 spiro atoms. The summed E-state index contributed by atoms with van der Waals surface area (Å²) >= 11 is 3.61. The highest BCUT2D eigenvalue weighted by Gasteiger charge is 2.54. The molecule has 0 saturated carbocycles. The van der Waals surface area contributed by atoms with Gasteiger partial charge in [0.2, 0.25) is 50.4 Å². The van der Waals surface area contributed by atoms with Crippen LogP contribution in [0.15, 0.2) is 241 Å². The van der Waals surface area contributed by atoms with E-state index >= 15 is 8.42 Å². The number of nitrogens with one attached hydrogen (secondary N) is 4. The minimum absolute atomic E-state index is 0.00303. The molecule has 8 heterocycles. The number of sulfonamides is 1. The minimum atomic E-state index is -4.53. The van der Waals surface area contributed by atoms with Crippen LogP contribution < -0.4 is 41.0 Å². The molecule has 7 aromatic rings. The van der Waals surface area contributed by atoms with Crippen molar-refractivity contribution in [2.75, 3.05) is 83.9 Å². The predicted molar refractivity (Wildman–Crippen MR) is 498 cm³/mol. The molecule has 129 heavy (non-hydrogen) atoms. The summed E-state index contributed by atoms with van der Waals surface area (Å²) < 4.78 is 111. The largest absolute Gasteiger partial charge is 0.480 e. The quantitative estimate of drug-likeness (QED) is 0.00380. The molecule has 7 aromatic carbocycles. The highest BCUT2D eigenvalue weighted by molar-refractivity contribution is 8.01. The Labute approximate surface area is 760 Å². The van der Waals surface area contributed by atoms with Crippen LogP contribution in [0.3, 0.4) is 0 Å². The first kappa shape index (κ1) is 90.9. The van der Waals surface area contributed by atoms with Crippen molar-refractivity contribution in [1.29, 1.82) is 0 Å². The summed E-state index contributed by atoms with van der Waals surface area (Å²) in [5.41, 5.74) is 12.4. The van der Waals surface area contributed by atoms with Gasteiger partial charge in [-0.05, 0) is 161 Å². The first-order valence-corrected chi connectivity index (χ1v) is 50.1. The van der Waals surface area contributed by atoms with Crippen LogP contribution in [0.1, 0.15) is 95.4 Å². The molecule has 3 atom stereocenters.